The van der Waals surface area contributed by atoms with E-state index in [-0.39, 0.29) is 0 Å². The van der Waals surface area contributed by atoms with Gasteiger partial charge in [-0.15, -0.1) is 0 Å². The molecule has 0 unspecified atom stereocenters. The van der Waals surface area contributed by atoms with Gasteiger partial charge in [-0.25, -0.2) is 0 Å². The fourth-order valence-electron chi connectivity index (χ4n) is 3.33. The summed E-state index contributed by atoms with van der Waals surface area (Å²) in [7, 11) is 3.28. The molecule has 0 amide bonds. The highest BCUT2D eigenvalue weighted by Gasteiger charge is 2.29. The quantitative estimate of drug-likeness (QED) is 0.721. The third kappa shape index (κ3) is 4.50. The molecule has 0 atom stereocenters. The zero-order valence-electron chi connectivity index (χ0n) is 15.4. The Hall–Kier alpha value is -2.34. The molecule has 0 saturated carbocycles. The standard InChI is InChI=1S/C21H22F3NO2/c1-26-13-16-11-18-15(12-20(16)27-2)9-10-25-19(18)8-5-14-3-6-17(7-4-14)21(22,23)24/h3-4,6-7,11-12H,5,8-10,13H2,1-2H3. The molecule has 0 fully saturated rings. The molecule has 1 heterocycles. The zero-order valence-corrected chi connectivity index (χ0v) is 15.4. The third-order valence-corrected chi connectivity index (χ3v) is 4.73. The Morgan fingerprint density at radius 2 is 1.78 bits per heavy atom. The minimum atomic E-state index is -4.30. The summed E-state index contributed by atoms with van der Waals surface area (Å²) in [6.45, 7) is 1.16. The smallest absolute Gasteiger partial charge is 0.416 e. The van der Waals surface area contributed by atoms with Crippen LogP contribution in [0.4, 0.5) is 13.2 Å². The van der Waals surface area contributed by atoms with Gasteiger partial charge in [0.25, 0.3) is 0 Å². The van der Waals surface area contributed by atoms with Crippen molar-refractivity contribution in [3.8, 4) is 5.75 Å². The Labute approximate surface area is 156 Å². The average molecular weight is 377 g/mol. The van der Waals surface area contributed by atoms with Crippen molar-refractivity contribution in [1.82, 2.24) is 0 Å². The summed E-state index contributed by atoms with van der Waals surface area (Å²) >= 11 is 0. The summed E-state index contributed by atoms with van der Waals surface area (Å²) < 4.78 is 48.8. The van der Waals surface area contributed by atoms with Crippen molar-refractivity contribution in [3.05, 3.63) is 64.2 Å². The van der Waals surface area contributed by atoms with Gasteiger partial charge in [-0.05, 0) is 60.2 Å². The van der Waals surface area contributed by atoms with E-state index in [0.717, 1.165) is 46.7 Å². The number of nitrogens with zero attached hydrogens (tertiary/aromatic N) is 1. The highest BCUT2D eigenvalue weighted by Crippen LogP contribution is 2.30. The van der Waals surface area contributed by atoms with Crippen LogP contribution in [0.1, 0.15) is 34.2 Å². The molecule has 2 aromatic rings. The molecule has 0 radical (unpaired) electrons. The second-order valence-electron chi connectivity index (χ2n) is 6.53. The van der Waals surface area contributed by atoms with E-state index in [9.17, 15) is 13.2 Å². The lowest BCUT2D eigenvalue weighted by atomic mass is 9.91. The van der Waals surface area contributed by atoms with Crippen LogP contribution in [0, 0.1) is 0 Å². The van der Waals surface area contributed by atoms with Crippen molar-refractivity contribution >= 4 is 5.71 Å². The van der Waals surface area contributed by atoms with E-state index in [0.29, 0.717) is 26.0 Å². The van der Waals surface area contributed by atoms with Crippen molar-refractivity contribution in [2.75, 3.05) is 20.8 Å². The first-order valence-corrected chi connectivity index (χ1v) is 8.81. The molecule has 0 bridgehead atoms. The van der Waals surface area contributed by atoms with Crippen molar-refractivity contribution in [2.45, 2.75) is 32.0 Å². The summed E-state index contributed by atoms with van der Waals surface area (Å²) in [5, 5.41) is 0. The summed E-state index contributed by atoms with van der Waals surface area (Å²) in [4.78, 5) is 4.65. The van der Waals surface area contributed by atoms with E-state index >= 15 is 0 Å². The lowest BCUT2D eigenvalue weighted by Crippen LogP contribution is -2.15. The van der Waals surface area contributed by atoms with Crippen LogP contribution in [-0.4, -0.2) is 26.5 Å². The van der Waals surface area contributed by atoms with Crippen LogP contribution in [0.25, 0.3) is 0 Å². The molecule has 1 aliphatic rings. The van der Waals surface area contributed by atoms with Gasteiger partial charge in [0.2, 0.25) is 0 Å². The number of methoxy groups -OCH3 is 2. The van der Waals surface area contributed by atoms with Crippen molar-refractivity contribution < 1.29 is 22.6 Å². The molecule has 6 heteroatoms. The van der Waals surface area contributed by atoms with Gasteiger partial charge in [0.15, 0.2) is 0 Å². The minimum Gasteiger partial charge on any atom is -0.496 e. The Morgan fingerprint density at radius 1 is 1.04 bits per heavy atom. The summed E-state index contributed by atoms with van der Waals surface area (Å²) in [6, 6.07) is 9.44. The predicted octanol–water partition coefficient (Wildman–Crippen LogP) is 4.84. The molecule has 0 saturated heterocycles. The number of hydrogen-bond acceptors (Lipinski definition) is 3. The first-order valence-electron chi connectivity index (χ1n) is 8.81. The summed E-state index contributed by atoms with van der Waals surface area (Å²) in [5.41, 5.74) is 4.45. The normalized spacial score (nSPS) is 13.9. The summed E-state index contributed by atoms with van der Waals surface area (Å²) in [6.07, 6.45) is -2.14. The fraction of sp³-hybridized carbons (Fsp3) is 0.381. The second-order valence-corrected chi connectivity index (χ2v) is 6.53. The van der Waals surface area contributed by atoms with Crippen LogP contribution in [0.3, 0.4) is 0 Å². The van der Waals surface area contributed by atoms with Gasteiger partial charge in [-0.1, -0.05) is 12.1 Å². The van der Waals surface area contributed by atoms with E-state index in [1.165, 1.54) is 17.7 Å². The lowest BCUT2D eigenvalue weighted by molar-refractivity contribution is -0.137. The molecular formula is C21H22F3NO2. The monoisotopic (exact) mass is 377 g/mol. The Morgan fingerprint density at radius 3 is 2.41 bits per heavy atom. The van der Waals surface area contributed by atoms with Gasteiger partial charge in [0, 0.05) is 24.9 Å². The lowest BCUT2D eigenvalue weighted by Gasteiger charge is -2.20. The van der Waals surface area contributed by atoms with E-state index in [1.807, 2.05) is 6.07 Å². The van der Waals surface area contributed by atoms with Gasteiger partial charge in [-0.2, -0.15) is 13.2 Å². The maximum absolute atomic E-state index is 12.7. The van der Waals surface area contributed by atoms with Crippen LogP contribution < -0.4 is 4.74 Å². The third-order valence-electron chi connectivity index (χ3n) is 4.73. The number of rotatable bonds is 6. The largest absolute Gasteiger partial charge is 0.496 e. The molecule has 0 N–H and O–H groups in total. The SMILES string of the molecule is COCc1cc2c(cc1OC)CCN=C2CCc1ccc(C(F)(F)F)cc1. The average Bonchev–Trinajstić information content (AvgIpc) is 2.65. The molecule has 3 nitrogen and oxygen atoms in total. The van der Waals surface area contributed by atoms with Crippen LogP contribution in [0.5, 0.6) is 5.75 Å². The molecule has 0 spiro atoms. The first kappa shape index (κ1) is 19.4. The molecular weight excluding hydrogens is 355 g/mol. The van der Waals surface area contributed by atoms with E-state index in [2.05, 4.69) is 11.1 Å². The molecule has 2 aromatic carbocycles. The maximum Gasteiger partial charge on any atom is 0.416 e. The molecule has 0 aliphatic carbocycles. The van der Waals surface area contributed by atoms with Gasteiger partial charge in [0.1, 0.15) is 5.75 Å². The number of aryl methyl sites for hydroxylation is 1. The van der Waals surface area contributed by atoms with Crippen molar-refractivity contribution in [2.24, 2.45) is 4.99 Å². The Bertz CT molecular complexity index is 827. The molecule has 0 aromatic heterocycles. The van der Waals surface area contributed by atoms with Crippen molar-refractivity contribution in [3.63, 3.8) is 0 Å². The van der Waals surface area contributed by atoms with E-state index < -0.39 is 11.7 Å². The van der Waals surface area contributed by atoms with Gasteiger partial charge in [0.05, 0.1) is 19.3 Å². The number of halogens is 3. The number of benzene rings is 2. The molecule has 27 heavy (non-hydrogen) atoms. The molecule has 1 aliphatic heterocycles. The molecule has 3 rings (SSSR count). The van der Waals surface area contributed by atoms with E-state index in [4.69, 9.17) is 9.47 Å². The van der Waals surface area contributed by atoms with Crippen LogP contribution in [-0.2, 0) is 30.4 Å². The molecule has 144 valence electrons. The highest BCUT2D eigenvalue weighted by atomic mass is 19.4. The number of ether oxygens (including phenoxy) is 2. The topological polar surface area (TPSA) is 30.8 Å². The fourth-order valence-corrected chi connectivity index (χ4v) is 3.33. The van der Waals surface area contributed by atoms with Gasteiger partial charge < -0.3 is 9.47 Å². The first-order chi connectivity index (χ1) is 12.9. The van der Waals surface area contributed by atoms with Crippen molar-refractivity contribution in [1.29, 1.82) is 0 Å². The minimum absolute atomic E-state index is 0.447. The number of hydrogen-bond donors (Lipinski definition) is 0. The number of aliphatic imine (C=N–C) groups is 1. The predicted molar refractivity (Wildman–Crippen MR) is 98.6 cm³/mol. The number of alkyl halides is 3. The van der Waals surface area contributed by atoms with Crippen LogP contribution in [0.2, 0.25) is 0 Å². The van der Waals surface area contributed by atoms with Crippen LogP contribution >= 0.6 is 0 Å². The zero-order chi connectivity index (χ0) is 19.4. The number of fused-ring (bicyclic) bond motifs is 1. The summed E-state index contributed by atoms with van der Waals surface area (Å²) in [5.74, 6) is 0.805. The van der Waals surface area contributed by atoms with E-state index in [1.54, 1.807) is 14.2 Å². The highest BCUT2D eigenvalue weighted by molar-refractivity contribution is 6.03. The Balaban J connectivity index is 1.77. The Kier molecular flexibility index (Phi) is 5.85. The van der Waals surface area contributed by atoms with Gasteiger partial charge >= 0.3 is 6.18 Å². The second kappa shape index (κ2) is 8.13. The van der Waals surface area contributed by atoms with Crippen LogP contribution in [0.15, 0.2) is 41.4 Å². The maximum atomic E-state index is 12.7. The van der Waals surface area contributed by atoms with Gasteiger partial charge in [-0.3, -0.25) is 4.99 Å².